The topological polar surface area (TPSA) is 83.9 Å². The van der Waals surface area contributed by atoms with E-state index >= 15 is 0 Å². The molecule has 1 atom stereocenters. The zero-order valence-corrected chi connectivity index (χ0v) is 20.4. The smallest absolute Gasteiger partial charge is 0.255 e. The predicted molar refractivity (Wildman–Crippen MR) is 143 cm³/mol. The maximum absolute atomic E-state index is 12.7. The summed E-state index contributed by atoms with van der Waals surface area (Å²) in [7, 11) is 0. The molecule has 1 saturated heterocycles. The number of benzene rings is 3. The molecule has 2 heterocycles. The molecule has 0 bridgehead atoms. The highest BCUT2D eigenvalue weighted by Crippen LogP contribution is 2.25. The number of para-hydroxylation sites is 1. The molecule has 5 rings (SSSR count). The van der Waals surface area contributed by atoms with Crippen molar-refractivity contribution in [2.24, 2.45) is 5.92 Å². The summed E-state index contributed by atoms with van der Waals surface area (Å²) in [5.74, 6) is 3.32. The fourth-order valence-electron chi connectivity index (χ4n) is 4.23. The summed E-state index contributed by atoms with van der Waals surface area (Å²) in [6.45, 7) is 2.45. The van der Waals surface area contributed by atoms with Crippen LogP contribution in [0.25, 0.3) is 0 Å². The maximum atomic E-state index is 12.7. The maximum Gasteiger partial charge on any atom is 0.255 e. The van der Waals surface area contributed by atoms with Gasteiger partial charge in [-0.3, -0.25) is 4.79 Å². The van der Waals surface area contributed by atoms with Crippen LogP contribution in [-0.2, 0) is 6.61 Å². The van der Waals surface area contributed by atoms with Crippen LogP contribution >= 0.6 is 0 Å². The van der Waals surface area contributed by atoms with E-state index in [0.717, 1.165) is 42.4 Å². The molecular formula is C30H29N3O4. The van der Waals surface area contributed by atoms with Gasteiger partial charge in [-0.05, 0) is 72.6 Å². The Bertz CT molecular complexity index is 1290. The van der Waals surface area contributed by atoms with E-state index < -0.39 is 0 Å². The highest BCUT2D eigenvalue weighted by molar-refractivity contribution is 6.04. The molecule has 7 heteroatoms. The number of aliphatic hydroxyl groups is 1. The van der Waals surface area contributed by atoms with Crippen molar-refractivity contribution in [2.45, 2.75) is 13.0 Å². The van der Waals surface area contributed by atoms with Gasteiger partial charge in [0.2, 0.25) is 0 Å². The Hall–Kier alpha value is -4.36. The van der Waals surface area contributed by atoms with Gasteiger partial charge in [-0.1, -0.05) is 30.3 Å². The van der Waals surface area contributed by atoms with Crippen LogP contribution in [0.3, 0.4) is 0 Å². The Morgan fingerprint density at radius 1 is 0.919 bits per heavy atom. The van der Waals surface area contributed by atoms with Crippen molar-refractivity contribution in [3.8, 4) is 17.2 Å². The number of amides is 1. The van der Waals surface area contributed by atoms with Crippen LogP contribution < -0.4 is 19.7 Å². The SMILES string of the molecule is O=C(Nc1ccc(N2CCC(COc3ccc(CO)cc3)C2)nc1)c1ccc(Oc2ccccc2)cc1. The Balaban J connectivity index is 1.10. The Kier molecular flexibility index (Phi) is 7.62. The normalized spacial score (nSPS) is 14.8. The van der Waals surface area contributed by atoms with Gasteiger partial charge in [0.25, 0.3) is 5.91 Å². The number of nitrogens with one attached hydrogen (secondary N) is 1. The lowest BCUT2D eigenvalue weighted by molar-refractivity contribution is 0.102. The lowest BCUT2D eigenvalue weighted by Crippen LogP contribution is -2.22. The summed E-state index contributed by atoms with van der Waals surface area (Å²) in [5.41, 5.74) is 2.05. The average Bonchev–Trinajstić information content (AvgIpc) is 3.43. The summed E-state index contributed by atoms with van der Waals surface area (Å²) >= 11 is 0. The Morgan fingerprint density at radius 2 is 1.65 bits per heavy atom. The molecule has 1 amide bonds. The van der Waals surface area contributed by atoms with Gasteiger partial charge in [-0.25, -0.2) is 4.98 Å². The molecule has 1 aliphatic heterocycles. The van der Waals surface area contributed by atoms with E-state index in [0.29, 0.717) is 29.5 Å². The minimum Gasteiger partial charge on any atom is -0.493 e. The molecule has 2 N–H and O–H groups in total. The molecule has 1 fully saturated rings. The van der Waals surface area contributed by atoms with Crippen LogP contribution in [0.2, 0.25) is 0 Å². The number of ether oxygens (including phenoxy) is 2. The van der Waals surface area contributed by atoms with Crippen LogP contribution in [0, 0.1) is 5.92 Å². The van der Waals surface area contributed by atoms with E-state index in [9.17, 15) is 4.79 Å². The lowest BCUT2D eigenvalue weighted by atomic mass is 10.1. The summed E-state index contributed by atoms with van der Waals surface area (Å²) in [6.07, 6.45) is 2.71. The highest BCUT2D eigenvalue weighted by atomic mass is 16.5. The van der Waals surface area contributed by atoms with Gasteiger partial charge in [0.1, 0.15) is 23.1 Å². The second-order valence-corrected chi connectivity index (χ2v) is 9.01. The van der Waals surface area contributed by atoms with E-state index in [1.165, 1.54) is 0 Å². The predicted octanol–water partition coefficient (Wildman–Crippen LogP) is 5.52. The fourth-order valence-corrected chi connectivity index (χ4v) is 4.23. The molecule has 188 valence electrons. The van der Waals surface area contributed by atoms with E-state index in [1.54, 1.807) is 30.5 Å². The first-order chi connectivity index (χ1) is 18.2. The number of aromatic nitrogens is 1. The van der Waals surface area contributed by atoms with E-state index in [1.807, 2.05) is 66.7 Å². The van der Waals surface area contributed by atoms with E-state index in [2.05, 4.69) is 15.2 Å². The monoisotopic (exact) mass is 495 g/mol. The Labute approximate surface area is 216 Å². The number of carbonyl (C=O) groups is 1. The first-order valence-electron chi connectivity index (χ1n) is 12.3. The van der Waals surface area contributed by atoms with Crippen LogP contribution in [0.5, 0.6) is 17.2 Å². The summed E-state index contributed by atoms with van der Waals surface area (Å²) in [4.78, 5) is 19.5. The molecular weight excluding hydrogens is 466 g/mol. The van der Waals surface area contributed by atoms with Gasteiger partial charge < -0.3 is 24.8 Å². The van der Waals surface area contributed by atoms with Gasteiger partial charge in [0.05, 0.1) is 25.1 Å². The zero-order chi connectivity index (χ0) is 25.5. The van der Waals surface area contributed by atoms with Gasteiger partial charge in [-0.2, -0.15) is 0 Å². The number of rotatable bonds is 9. The number of hydrogen-bond acceptors (Lipinski definition) is 6. The molecule has 37 heavy (non-hydrogen) atoms. The molecule has 4 aromatic rings. The molecule has 1 unspecified atom stereocenters. The number of carbonyl (C=O) groups excluding carboxylic acids is 1. The second kappa shape index (κ2) is 11.6. The van der Waals surface area contributed by atoms with Crippen molar-refractivity contribution in [1.29, 1.82) is 0 Å². The fraction of sp³-hybridized carbons (Fsp3) is 0.200. The molecule has 0 spiro atoms. The molecule has 1 aromatic heterocycles. The Morgan fingerprint density at radius 3 is 2.35 bits per heavy atom. The van der Waals surface area contributed by atoms with E-state index in [-0.39, 0.29) is 12.5 Å². The summed E-state index contributed by atoms with van der Waals surface area (Å²) in [5, 5.41) is 12.1. The summed E-state index contributed by atoms with van der Waals surface area (Å²) < 4.78 is 11.7. The van der Waals surface area contributed by atoms with Gasteiger partial charge in [0, 0.05) is 24.6 Å². The van der Waals surface area contributed by atoms with Gasteiger partial charge >= 0.3 is 0 Å². The lowest BCUT2D eigenvalue weighted by Gasteiger charge is -2.18. The first-order valence-corrected chi connectivity index (χ1v) is 12.3. The molecule has 0 saturated carbocycles. The molecule has 0 aliphatic carbocycles. The van der Waals surface area contributed by atoms with Crippen LogP contribution in [0.1, 0.15) is 22.3 Å². The van der Waals surface area contributed by atoms with Gasteiger partial charge in [-0.15, -0.1) is 0 Å². The van der Waals surface area contributed by atoms with Crippen molar-refractivity contribution >= 4 is 17.4 Å². The van der Waals surface area contributed by atoms with Crippen molar-refractivity contribution in [3.63, 3.8) is 0 Å². The molecule has 7 nitrogen and oxygen atoms in total. The largest absolute Gasteiger partial charge is 0.493 e. The second-order valence-electron chi connectivity index (χ2n) is 9.01. The summed E-state index contributed by atoms with van der Waals surface area (Å²) in [6, 6.07) is 27.9. The number of anilines is 2. The van der Waals surface area contributed by atoms with Crippen LogP contribution in [0.4, 0.5) is 11.5 Å². The molecule has 1 aliphatic rings. The minimum absolute atomic E-state index is 0.0328. The number of hydrogen-bond donors (Lipinski definition) is 2. The van der Waals surface area contributed by atoms with Crippen molar-refractivity contribution in [2.75, 3.05) is 29.9 Å². The first kappa shape index (κ1) is 24.3. The van der Waals surface area contributed by atoms with Crippen LogP contribution in [-0.4, -0.2) is 35.7 Å². The quantitative estimate of drug-likeness (QED) is 0.318. The minimum atomic E-state index is -0.203. The van der Waals surface area contributed by atoms with Crippen LogP contribution in [0.15, 0.2) is 97.2 Å². The number of pyridine rings is 1. The number of nitrogens with zero attached hydrogens (tertiary/aromatic N) is 2. The third kappa shape index (κ3) is 6.45. The molecule has 0 radical (unpaired) electrons. The van der Waals surface area contributed by atoms with Crippen molar-refractivity contribution < 1.29 is 19.4 Å². The number of aliphatic hydroxyl groups excluding tert-OH is 1. The van der Waals surface area contributed by atoms with Gasteiger partial charge in [0.15, 0.2) is 0 Å². The highest BCUT2D eigenvalue weighted by Gasteiger charge is 2.24. The molecule has 3 aromatic carbocycles. The standard InChI is InChI=1S/C30H29N3O4/c34-20-22-6-11-26(12-7-22)36-21-23-16-17-33(19-23)29-15-10-25(18-31-29)32-30(35)24-8-13-28(14-9-24)37-27-4-2-1-3-5-27/h1-15,18,23,34H,16-17,19-21H2,(H,32,35). The third-order valence-corrected chi connectivity index (χ3v) is 6.30. The van der Waals surface area contributed by atoms with Crippen molar-refractivity contribution in [3.05, 3.63) is 108 Å². The zero-order valence-electron chi connectivity index (χ0n) is 20.4. The van der Waals surface area contributed by atoms with Crippen molar-refractivity contribution in [1.82, 2.24) is 4.98 Å². The third-order valence-electron chi connectivity index (χ3n) is 6.30. The van der Waals surface area contributed by atoms with E-state index in [4.69, 9.17) is 14.6 Å². The average molecular weight is 496 g/mol.